The first-order valence-corrected chi connectivity index (χ1v) is 8.33. The maximum atomic E-state index is 12.0. The quantitative estimate of drug-likeness (QED) is 0.777. The van der Waals surface area contributed by atoms with Gasteiger partial charge in [0.15, 0.2) is 0 Å². The van der Waals surface area contributed by atoms with Crippen LogP contribution in [0.4, 0.5) is 0 Å². The molecule has 2 atom stereocenters. The van der Waals surface area contributed by atoms with Gasteiger partial charge >= 0.3 is 0 Å². The van der Waals surface area contributed by atoms with Gasteiger partial charge in [0.1, 0.15) is 11.9 Å². The Morgan fingerprint density at radius 1 is 1.22 bits per heavy atom. The maximum absolute atomic E-state index is 12.0. The zero-order valence-electron chi connectivity index (χ0n) is 13.0. The van der Waals surface area contributed by atoms with Crippen LogP contribution in [0.15, 0.2) is 59.1 Å². The molecule has 0 aliphatic rings. The molecule has 4 nitrogen and oxygen atoms in total. The van der Waals surface area contributed by atoms with Gasteiger partial charge in [-0.05, 0) is 30.7 Å². The van der Waals surface area contributed by atoms with E-state index in [2.05, 4.69) is 21.2 Å². The van der Waals surface area contributed by atoms with Crippen molar-refractivity contribution in [2.24, 2.45) is 5.73 Å². The molecule has 5 heteroatoms. The van der Waals surface area contributed by atoms with Crippen molar-refractivity contribution in [2.75, 3.05) is 6.54 Å². The van der Waals surface area contributed by atoms with Crippen molar-refractivity contribution in [2.45, 2.75) is 25.5 Å². The lowest BCUT2D eigenvalue weighted by Gasteiger charge is -2.17. The molecular weight excluding hydrogens is 356 g/mol. The summed E-state index contributed by atoms with van der Waals surface area (Å²) in [6.07, 6.45) is 0.134. The summed E-state index contributed by atoms with van der Waals surface area (Å²) in [5.74, 6) is 0.688. The minimum atomic E-state index is -0.294. The standard InChI is InChI=1S/C18H21BrN2O2/c1-13(23-16-9-5-8-15(19)10-16)12-21-18(22)11-17(20)14-6-3-2-4-7-14/h2-10,13,17H,11-12,20H2,1H3,(H,21,22). The molecule has 0 saturated heterocycles. The van der Waals surface area contributed by atoms with E-state index >= 15 is 0 Å². The van der Waals surface area contributed by atoms with Crippen LogP contribution < -0.4 is 15.8 Å². The molecule has 0 radical (unpaired) electrons. The molecule has 0 fully saturated rings. The average molecular weight is 377 g/mol. The van der Waals surface area contributed by atoms with E-state index < -0.39 is 0 Å². The summed E-state index contributed by atoms with van der Waals surface area (Å²) in [5.41, 5.74) is 7.00. The zero-order valence-corrected chi connectivity index (χ0v) is 14.6. The van der Waals surface area contributed by atoms with E-state index in [9.17, 15) is 4.79 Å². The minimum Gasteiger partial charge on any atom is -0.489 e. The van der Waals surface area contributed by atoms with Crippen LogP contribution in [0.2, 0.25) is 0 Å². The lowest BCUT2D eigenvalue weighted by Crippen LogP contribution is -2.35. The largest absolute Gasteiger partial charge is 0.489 e. The second-order valence-electron chi connectivity index (χ2n) is 5.41. The molecule has 0 bridgehead atoms. The molecule has 2 aromatic rings. The van der Waals surface area contributed by atoms with Crippen molar-refractivity contribution in [3.63, 3.8) is 0 Å². The van der Waals surface area contributed by atoms with Crippen molar-refractivity contribution < 1.29 is 9.53 Å². The minimum absolute atomic E-state index is 0.0777. The fourth-order valence-electron chi connectivity index (χ4n) is 2.16. The summed E-state index contributed by atoms with van der Waals surface area (Å²) in [7, 11) is 0. The Morgan fingerprint density at radius 2 is 1.96 bits per heavy atom. The normalized spacial score (nSPS) is 13.2. The Labute approximate surface area is 145 Å². The Bertz CT molecular complexity index is 634. The van der Waals surface area contributed by atoms with Gasteiger partial charge in [0.25, 0.3) is 0 Å². The predicted molar refractivity (Wildman–Crippen MR) is 95.2 cm³/mol. The first-order chi connectivity index (χ1) is 11.0. The predicted octanol–water partition coefficient (Wildman–Crippen LogP) is 3.42. The molecule has 0 aliphatic heterocycles. The number of nitrogens with two attached hydrogens (primary N) is 1. The molecule has 0 heterocycles. The molecule has 0 aromatic heterocycles. The molecule has 2 rings (SSSR count). The third-order valence-corrected chi connectivity index (χ3v) is 3.85. The fourth-order valence-corrected chi connectivity index (χ4v) is 2.54. The molecule has 2 unspecified atom stereocenters. The van der Waals surface area contributed by atoms with Gasteiger partial charge in [0, 0.05) is 16.9 Å². The molecule has 0 aliphatic carbocycles. The Balaban J connectivity index is 1.75. The highest BCUT2D eigenvalue weighted by atomic mass is 79.9. The molecule has 23 heavy (non-hydrogen) atoms. The maximum Gasteiger partial charge on any atom is 0.222 e. The highest BCUT2D eigenvalue weighted by molar-refractivity contribution is 9.10. The van der Waals surface area contributed by atoms with E-state index in [1.54, 1.807) is 0 Å². The summed E-state index contributed by atoms with van der Waals surface area (Å²) in [4.78, 5) is 12.0. The van der Waals surface area contributed by atoms with Gasteiger partial charge in [-0.3, -0.25) is 4.79 Å². The monoisotopic (exact) mass is 376 g/mol. The molecule has 3 N–H and O–H groups in total. The Morgan fingerprint density at radius 3 is 2.65 bits per heavy atom. The van der Waals surface area contributed by atoms with Gasteiger partial charge in [0.05, 0.1) is 6.54 Å². The Hall–Kier alpha value is -1.85. The molecule has 0 spiro atoms. The highest BCUT2D eigenvalue weighted by Crippen LogP contribution is 2.18. The molecule has 0 saturated carbocycles. The van der Waals surface area contributed by atoms with Gasteiger partial charge in [-0.15, -0.1) is 0 Å². The van der Waals surface area contributed by atoms with Gasteiger partial charge < -0.3 is 15.8 Å². The molecule has 1 amide bonds. The van der Waals surface area contributed by atoms with Gasteiger partial charge in [-0.2, -0.15) is 0 Å². The number of carbonyl (C=O) groups is 1. The topological polar surface area (TPSA) is 64.4 Å². The van der Waals surface area contributed by atoms with E-state index in [1.807, 2.05) is 61.5 Å². The summed E-state index contributed by atoms with van der Waals surface area (Å²) in [6, 6.07) is 16.9. The molecular formula is C18H21BrN2O2. The smallest absolute Gasteiger partial charge is 0.222 e. The summed E-state index contributed by atoms with van der Waals surface area (Å²) in [5, 5.41) is 2.86. The summed E-state index contributed by atoms with van der Waals surface area (Å²) < 4.78 is 6.72. The highest BCUT2D eigenvalue weighted by Gasteiger charge is 2.12. The number of hydrogen-bond donors (Lipinski definition) is 2. The number of nitrogens with one attached hydrogen (secondary N) is 1. The van der Waals surface area contributed by atoms with E-state index in [0.717, 1.165) is 15.8 Å². The van der Waals surface area contributed by atoms with Crippen molar-refractivity contribution in [1.29, 1.82) is 0 Å². The third kappa shape index (κ3) is 6.04. The van der Waals surface area contributed by atoms with Gasteiger partial charge in [-0.1, -0.05) is 52.3 Å². The lowest BCUT2D eigenvalue weighted by molar-refractivity contribution is -0.121. The van der Waals surface area contributed by atoms with Crippen LogP contribution in [0, 0.1) is 0 Å². The number of hydrogen-bond acceptors (Lipinski definition) is 3. The van der Waals surface area contributed by atoms with Crippen LogP contribution >= 0.6 is 15.9 Å². The first-order valence-electron chi connectivity index (χ1n) is 7.54. The van der Waals surface area contributed by atoms with Crippen molar-refractivity contribution in [1.82, 2.24) is 5.32 Å². The number of halogens is 1. The van der Waals surface area contributed by atoms with E-state index in [4.69, 9.17) is 10.5 Å². The SMILES string of the molecule is CC(CNC(=O)CC(N)c1ccccc1)Oc1cccc(Br)c1. The average Bonchev–Trinajstić information content (AvgIpc) is 2.54. The van der Waals surface area contributed by atoms with E-state index in [0.29, 0.717) is 6.54 Å². The second-order valence-corrected chi connectivity index (χ2v) is 6.33. The number of carbonyl (C=O) groups excluding carboxylic acids is 1. The van der Waals surface area contributed by atoms with Crippen LogP contribution in [-0.4, -0.2) is 18.6 Å². The fraction of sp³-hybridized carbons (Fsp3) is 0.278. The van der Waals surface area contributed by atoms with Crippen LogP contribution in [0.5, 0.6) is 5.75 Å². The number of rotatable bonds is 7. The van der Waals surface area contributed by atoms with E-state index in [1.165, 1.54) is 0 Å². The van der Waals surface area contributed by atoms with E-state index in [-0.39, 0.29) is 24.5 Å². The van der Waals surface area contributed by atoms with Crippen LogP contribution in [0.1, 0.15) is 24.9 Å². The van der Waals surface area contributed by atoms with Crippen molar-refractivity contribution >= 4 is 21.8 Å². The summed E-state index contributed by atoms with van der Waals surface area (Å²) in [6.45, 7) is 2.35. The number of ether oxygens (including phenoxy) is 1. The van der Waals surface area contributed by atoms with Crippen molar-refractivity contribution in [3.8, 4) is 5.75 Å². The third-order valence-electron chi connectivity index (χ3n) is 3.35. The number of benzene rings is 2. The zero-order chi connectivity index (χ0) is 16.7. The molecule has 122 valence electrons. The van der Waals surface area contributed by atoms with Gasteiger partial charge in [-0.25, -0.2) is 0 Å². The molecule has 2 aromatic carbocycles. The first kappa shape index (κ1) is 17.5. The van der Waals surface area contributed by atoms with Crippen molar-refractivity contribution in [3.05, 3.63) is 64.6 Å². The Kier molecular flexibility index (Phi) is 6.62. The van der Waals surface area contributed by atoms with Crippen LogP contribution in [-0.2, 0) is 4.79 Å². The summed E-state index contributed by atoms with van der Waals surface area (Å²) >= 11 is 3.40. The van der Waals surface area contributed by atoms with Crippen LogP contribution in [0.3, 0.4) is 0 Å². The lowest BCUT2D eigenvalue weighted by atomic mass is 10.0. The van der Waals surface area contributed by atoms with Crippen LogP contribution in [0.25, 0.3) is 0 Å². The second kappa shape index (κ2) is 8.70. The number of amides is 1. The van der Waals surface area contributed by atoms with Gasteiger partial charge in [0.2, 0.25) is 5.91 Å².